The smallest absolute Gasteiger partial charge is 0.391 e. The summed E-state index contributed by atoms with van der Waals surface area (Å²) in [6.07, 6.45) is -5.22. The third-order valence-electron chi connectivity index (χ3n) is 3.79. The summed E-state index contributed by atoms with van der Waals surface area (Å²) >= 11 is 0. The second kappa shape index (κ2) is 7.33. The quantitative estimate of drug-likeness (QED) is 0.905. The number of piperidine rings is 1. The van der Waals surface area contributed by atoms with Crippen LogP contribution in [0, 0.1) is 6.92 Å². The molecule has 0 radical (unpaired) electrons. The topological polar surface area (TPSA) is 32.7 Å². The lowest BCUT2D eigenvalue weighted by molar-refractivity contribution is -0.155. The van der Waals surface area contributed by atoms with E-state index < -0.39 is 18.7 Å². The molecule has 1 aromatic rings. The van der Waals surface area contributed by atoms with Gasteiger partial charge < -0.3 is 14.7 Å². The van der Waals surface area contributed by atoms with Gasteiger partial charge in [0.2, 0.25) is 0 Å². The van der Waals surface area contributed by atoms with Crippen molar-refractivity contribution in [2.75, 3.05) is 19.6 Å². The van der Waals surface area contributed by atoms with Gasteiger partial charge in [-0.1, -0.05) is 17.7 Å². The highest BCUT2D eigenvalue weighted by atomic mass is 19.4. The number of nitrogens with zero attached hydrogens (tertiary/aromatic N) is 1. The molecule has 3 nitrogen and oxygen atoms in total. The van der Waals surface area contributed by atoms with Crippen LogP contribution in [-0.2, 0) is 0 Å². The van der Waals surface area contributed by atoms with Crippen LogP contribution < -0.4 is 4.74 Å². The lowest BCUT2D eigenvalue weighted by Gasteiger charge is -2.33. The Morgan fingerprint density at radius 2 is 1.82 bits per heavy atom. The Bertz CT molecular complexity index is 453. The summed E-state index contributed by atoms with van der Waals surface area (Å²) in [6.45, 7) is 3.36. The number of hydrogen-bond donors (Lipinski definition) is 1. The van der Waals surface area contributed by atoms with E-state index in [9.17, 15) is 18.3 Å². The van der Waals surface area contributed by atoms with Crippen molar-refractivity contribution in [3.63, 3.8) is 0 Å². The van der Waals surface area contributed by atoms with E-state index in [-0.39, 0.29) is 12.6 Å². The maximum absolute atomic E-state index is 12.2. The van der Waals surface area contributed by atoms with Gasteiger partial charge in [-0.3, -0.25) is 0 Å². The minimum Gasteiger partial charge on any atom is -0.490 e. The average Bonchev–Trinajstić information content (AvgIpc) is 2.41. The largest absolute Gasteiger partial charge is 0.490 e. The van der Waals surface area contributed by atoms with Crippen molar-refractivity contribution in [2.24, 2.45) is 0 Å². The molecule has 1 heterocycles. The van der Waals surface area contributed by atoms with Crippen molar-refractivity contribution < 1.29 is 23.0 Å². The Labute approximate surface area is 128 Å². The van der Waals surface area contributed by atoms with Crippen LogP contribution in [0.5, 0.6) is 5.75 Å². The van der Waals surface area contributed by atoms with E-state index in [1.807, 2.05) is 36.1 Å². The Morgan fingerprint density at radius 1 is 1.23 bits per heavy atom. The molecular formula is C16H22F3NO2. The molecule has 0 aliphatic carbocycles. The Balaban J connectivity index is 1.72. The third kappa shape index (κ3) is 5.85. The summed E-state index contributed by atoms with van der Waals surface area (Å²) in [6, 6.07) is 7.82. The normalized spacial score (nSPS) is 19.1. The lowest BCUT2D eigenvalue weighted by Crippen LogP contribution is -2.42. The number of halogens is 3. The summed E-state index contributed by atoms with van der Waals surface area (Å²) in [5.41, 5.74) is 1.17. The van der Waals surface area contributed by atoms with Crippen LogP contribution in [-0.4, -0.2) is 48.0 Å². The molecule has 1 atom stereocenters. The lowest BCUT2D eigenvalue weighted by atomic mass is 10.1. The van der Waals surface area contributed by atoms with Crippen LogP contribution in [0.15, 0.2) is 24.3 Å². The SMILES string of the molecule is Cc1ccc(OC2CCN(C[C@@H](O)CC(F)(F)F)CC2)cc1. The van der Waals surface area contributed by atoms with Crippen LogP contribution in [0.4, 0.5) is 13.2 Å². The van der Waals surface area contributed by atoms with Gasteiger partial charge in [-0.15, -0.1) is 0 Å². The average molecular weight is 317 g/mol. The molecule has 0 spiro atoms. The number of ether oxygens (including phenoxy) is 1. The first-order valence-electron chi connectivity index (χ1n) is 7.52. The summed E-state index contributed by atoms with van der Waals surface area (Å²) in [5, 5.41) is 9.47. The van der Waals surface area contributed by atoms with Gasteiger partial charge in [-0.05, 0) is 31.9 Å². The number of alkyl halides is 3. The van der Waals surface area contributed by atoms with Gasteiger partial charge in [0.15, 0.2) is 0 Å². The fourth-order valence-electron chi connectivity index (χ4n) is 2.65. The van der Waals surface area contributed by atoms with E-state index in [1.165, 1.54) is 5.56 Å². The van der Waals surface area contributed by atoms with E-state index in [1.54, 1.807) is 0 Å². The van der Waals surface area contributed by atoms with E-state index in [2.05, 4.69) is 0 Å². The summed E-state index contributed by atoms with van der Waals surface area (Å²) in [4.78, 5) is 1.87. The number of hydrogen-bond acceptors (Lipinski definition) is 3. The Hall–Kier alpha value is -1.27. The van der Waals surface area contributed by atoms with Crippen LogP contribution >= 0.6 is 0 Å². The molecule has 1 fully saturated rings. The first-order chi connectivity index (χ1) is 10.3. The monoisotopic (exact) mass is 317 g/mol. The summed E-state index contributed by atoms with van der Waals surface area (Å²) in [7, 11) is 0. The minimum absolute atomic E-state index is 0.0662. The Morgan fingerprint density at radius 3 is 2.36 bits per heavy atom. The molecule has 0 bridgehead atoms. The third-order valence-corrected chi connectivity index (χ3v) is 3.79. The van der Waals surface area contributed by atoms with E-state index in [0.29, 0.717) is 13.1 Å². The molecule has 6 heteroatoms. The van der Waals surface area contributed by atoms with Crippen molar-refractivity contribution in [2.45, 2.75) is 44.6 Å². The number of aliphatic hydroxyl groups excluding tert-OH is 1. The number of aryl methyl sites for hydroxylation is 1. The van der Waals surface area contributed by atoms with Crippen LogP contribution in [0.1, 0.15) is 24.8 Å². The first-order valence-corrected chi connectivity index (χ1v) is 7.52. The molecule has 0 aromatic heterocycles. The molecule has 1 aliphatic heterocycles. The molecule has 0 saturated carbocycles. The zero-order chi connectivity index (χ0) is 16.2. The van der Waals surface area contributed by atoms with Gasteiger partial charge in [0.1, 0.15) is 11.9 Å². The molecule has 1 N–H and O–H groups in total. The number of β-amino-alcohol motifs (C(OH)–C–C–N with tert-alkyl or cyclic N) is 1. The highest BCUT2D eigenvalue weighted by Crippen LogP contribution is 2.23. The predicted octanol–water partition coefficient (Wildman–Crippen LogP) is 3.15. The van der Waals surface area contributed by atoms with Crippen molar-refractivity contribution in [1.82, 2.24) is 4.90 Å². The number of aliphatic hydroxyl groups is 1. The number of rotatable bonds is 5. The number of benzene rings is 1. The second-order valence-corrected chi connectivity index (χ2v) is 5.90. The van der Waals surface area contributed by atoms with Gasteiger partial charge >= 0.3 is 6.18 Å². The Kier molecular flexibility index (Phi) is 5.69. The summed E-state index contributed by atoms with van der Waals surface area (Å²) < 4.78 is 42.5. The van der Waals surface area contributed by atoms with E-state index >= 15 is 0 Å². The van der Waals surface area contributed by atoms with E-state index in [0.717, 1.165) is 18.6 Å². The van der Waals surface area contributed by atoms with E-state index in [4.69, 9.17) is 4.74 Å². The molecule has 1 aromatic carbocycles. The van der Waals surface area contributed by atoms with Crippen molar-refractivity contribution in [3.05, 3.63) is 29.8 Å². The summed E-state index contributed by atoms with van der Waals surface area (Å²) in [5.74, 6) is 0.821. The predicted molar refractivity (Wildman–Crippen MR) is 77.9 cm³/mol. The van der Waals surface area contributed by atoms with Gasteiger partial charge in [0.05, 0.1) is 12.5 Å². The van der Waals surface area contributed by atoms with Gasteiger partial charge in [0, 0.05) is 19.6 Å². The minimum atomic E-state index is -4.31. The molecule has 1 aliphatic rings. The molecule has 0 unspecified atom stereocenters. The van der Waals surface area contributed by atoms with Crippen molar-refractivity contribution >= 4 is 0 Å². The highest BCUT2D eigenvalue weighted by molar-refractivity contribution is 5.26. The van der Waals surface area contributed by atoms with Crippen molar-refractivity contribution in [1.29, 1.82) is 0 Å². The molecule has 2 rings (SSSR count). The number of likely N-dealkylation sites (tertiary alicyclic amines) is 1. The standard InChI is InChI=1S/C16H22F3NO2/c1-12-2-4-14(5-3-12)22-15-6-8-20(9-7-15)11-13(21)10-16(17,18)19/h2-5,13,15,21H,6-11H2,1H3/t13-/m0/s1. The molecule has 0 amide bonds. The fraction of sp³-hybridized carbons (Fsp3) is 0.625. The second-order valence-electron chi connectivity index (χ2n) is 5.90. The van der Waals surface area contributed by atoms with Gasteiger partial charge in [0.25, 0.3) is 0 Å². The molecule has 124 valence electrons. The van der Waals surface area contributed by atoms with Crippen LogP contribution in [0.3, 0.4) is 0 Å². The maximum atomic E-state index is 12.2. The van der Waals surface area contributed by atoms with Gasteiger partial charge in [-0.25, -0.2) is 0 Å². The zero-order valence-electron chi connectivity index (χ0n) is 12.6. The van der Waals surface area contributed by atoms with Crippen molar-refractivity contribution in [3.8, 4) is 5.75 Å². The molecule has 1 saturated heterocycles. The molecular weight excluding hydrogens is 295 g/mol. The van der Waals surface area contributed by atoms with Crippen LogP contribution in [0.25, 0.3) is 0 Å². The zero-order valence-corrected chi connectivity index (χ0v) is 12.6. The van der Waals surface area contributed by atoms with Gasteiger partial charge in [-0.2, -0.15) is 13.2 Å². The highest BCUT2D eigenvalue weighted by Gasteiger charge is 2.32. The fourth-order valence-corrected chi connectivity index (χ4v) is 2.65. The molecule has 22 heavy (non-hydrogen) atoms. The maximum Gasteiger partial charge on any atom is 0.391 e. The van der Waals surface area contributed by atoms with Crippen LogP contribution in [0.2, 0.25) is 0 Å². The first kappa shape index (κ1) is 17.1.